The highest BCUT2D eigenvalue weighted by molar-refractivity contribution is 5.84. The summed E-state index contributed by atoms with van der Waals surface area (Å²) in [6.07, 6.45) is 5.01. The van der Waals surface area contributed by atoms with Crippen molar-refractivity contribution in [3.05, 3.63) is 66.1 Å². The second-order valence-corrected chi connectivity index (χ2v) is 7.08. The van der Waals surface area contributed by atoms with Gasteiger partial charge >= 0.3 is 0 Å². The largest absolute Gasteiger partial charge is 0.379 e. The molecular formula is C22H26N4O2. The quantitative estimate of drug-likeness (QED) is 0.663. The topological polar surface area (TPSA) is 70.2 Å². The van der Waals surface area contributed by atoms with Gasteiger partial charge in [0.05, 0.1) is 24.9 Å². The molecule has 6 nitrogen and oxygen atoms in total. The van der Waals surface area contributed by atoms with Crippen molar-refractivity contribution in [3.8, 4) is 0 Å². The number of carbonyl (C=O) groups excluding carboxylic acids is 1. The number of amides is 1. The lowest BCUT2D eigenvalue weighted by molar-refractivity contribution is -0.121. The summed E-state index contributed by atoms with van der Waals surface area (Å²) in [6.45, 7) is 3.71. The highest BCUT2D eigenvalue weighted by atomic mass is 16.5. The van der Waals surface area contributed by atoms with Crippen LogP contribution in [0.1, 0.15) is 23.7 Å². The SMILES string of the molecule is O=C(CCc1c[nH]c2ccccc12)NC[C@@H](c1ccccn1)N1CCOCC1. The monoisotopic (exact) mass is 378 g/mol. The Morgan fingerprint density at radius 1 is 1.18 bits per heavy atom. The fourth-order valence-electron chi connectivity index (χ4n) is 3.77. The fourth-order valence-corrected chi connectivity index (χ4v) is 3.77. The van der Waals surface area contributed by atoms with E-state index in [1.165, 1.54) is 10.9 Å². The zero-order chi connectivity index (χ0) is 19.2. The first-order valence-electron chi connectivity index (χ1n) is 9.85. The van der Waals surface area contributed by atoms with Crippen LogP contribution in [0, 0.1) is 0 Å². The Hall–Kier alpha value is -2.70. The number of morpholine rings is 1. The van der Waals surface area contributed by atoms with E-state index in [2.05, 4.69) is 32.3 Å². The summed E-state index contributed by atoms with van der Waals surface area (Å²) in [4.78, 5) is 22.6. The molecule has 4 rings (SSSR count). The third kappa shape index (κ3) is 4.40. The van der Waals surface area contributed by atoms with Gasteiger partial charge in [0.25, 0.3) is 0 Å². The molecule has 0 aliphatic carbocycles. The van der Waals surface area contributed by atoms with Crippen molar-refractivity contribution in [3.63, 3.8) is 0 Å². The van der Waals surface area contributed by atoms with Crippen LogP contribution in [0.5, 0.6) is 0 Å². The molecule has 0 unspecified atom stereocenters. The van der Waals surface area contributed by atoms with Crippen molar-refractivity contribution in [2.75, 3.05) is 32.8 Å². The van der Waals surface area contributed by atoms with Gasteiger partial charge in [-0.3, -0.25) is 14.7 Å². The first-order valence-corrected chi connectivity index (χ1v) is 9.85. The number of H-pyrrole nitrogens is 1. The third-order valence-corrected chi connectivity index (χ3v) is 5.30. The minimum Gasteiger partial charge on any atom is -0.379 e. The molecule has 1 aliphatic rings. The summed E-state index contributed by atoms with van der Waals surface area (Å²) < 4.78 is 5.47. The first-order chi connectivity index (χ1) is 13.8. The van der Waals surface area contributed by atoms with Crippen LogP contribution in [-0.4, -0.2) is 53.6 Å². The smallest absolute Gasteiger partial charge is 0.220 e. The Morgan fingerprint density at radius 3 is 2.82 bits per heavy atom. The zero-order valence-corrected chi connectivity index (χ0v) is 15.9. The number of benzene rings is 1. The molecule has 1 fully saturated rings. The average molecular weight is 378 g/mol. The van der Waals surface area contributed by atoms with E-state index >= 15 is 0 Å². The summed E-state index contributed by atoms with van der Waals surface area (Å²) >= 11 is 0. The molecule has 0 radical (unpaired) electrons. The molecule has 1 aromatic carbocycles. The van der Waals surface area contributed by atoms with Crippen molar-refractivity contribution in [2.45, 2.75) is 18.9 Å². The summed E-state index contributed by atoms with van der Waals surface area (Å²) in [5, 5.41) is 4.31. The maximum atomic E-state index is 12.5. The molecular weight excluding hydrogens is 352 g/mol. The molecule has 2 aromatic heterocycles. The second-order valence-electron chi connectivity index (χ2n) is 7.08. The third-order valence-electron chi connectivity index (χ3n) is 5.30. The molecule has 3 aromatic rings. The van der Waals surface area contributed by atoms with E-state index in [9.17, 15) is 4.79 Å². The number of nitrogens with zero attached hydrogens (tertiary/aromatic N) is 2. The van der Waals surface area contributed by atoms with Crippen LogP contribution in [0.3, 0.4) is 0 Å². The zero-order valence-electron chi connectivity index (χ0n) is 15.9. The Bertz CT molecular complexity index is 903. The van der Waals surface area contributed by atoms with Gasteiger partial charge in [0.1, 0.15) is 0 Å². The standard InChI is InChI=1S/C22H26N4O2/c27-22(9-8-17-15-24-19-6-2-1-5-18(17)19)25-16-21(20-7-3-4-10-23-20)26-11-13-28-14-12-26/h1-7,10,15,21,24H,8-9,11-14,16H2,(H,25,27)/t21-/m0/s1. The summed E-state index contributed by atoms with van der Waals surface area (Å²) in [7, 11) is 0. The molecule has 0 spiro atoms. The van der Waals surface area contributed by atoms with Gasteiger partial charge in [-0.2, -0.15) is 0 Å². The van der Waals surface area contributed by atoms with Crippen LogP contribution in [0.2, 0.25) is 0 Å². The van der Waals surface area contributed by atoms with E-state index in [0.717, 1.165) is 43.9 Å². The minimum absolute atomic E-state index is 0.0690. The predicted octanol–water partition coefficient (Wildman–Crippen LogP) is 2.69. The minimum atomic E-state index is 0.0690. The van der Waals surface area contributed by atoms with Crippen LogP contribution in [0.25, 0.3) is 10.9 Å². The molecule has 2 N–H and O–H groups in total. The molecule has 1 amide bonds. The van der Waals surface area contributed by atoms with Crippen molar-refractivity contribution < 1.29 is 9.53 Å². The summed E-state index contributed by atoms with van der Waals surface area (Å²) in [5.41, 5.74) is 3.28. The van der Waals surface area contributed by atoms with Crippen molar-refractivity contribution in [1.82, 2.24) is 20.2 Å². The molecule has 1 saturated heterocycles. The first kappa shape index (κ1) is 18.7. The van der Waals surface area contributed by atoms with Crippen LogP contribution >= 0.6 is 0 Å². The number of ether oxygens (including phenoxy) is 1. The Morgan fingerprint density at radius 2 is 2.00 bits per heavy atom. The second kappa shape index (κ2) is 8.99. The number of nitrogens with one attached hydrogen (secondary N) is 2. The predicted molar refractivity (Wildman–Crippen MR) is 109 cm³/mol. The van der Waals surface area contributed by atoms with Gasteiger partial charge in [-0.15, -0.1) is 0 Å². The molecule has 1 atom stereocenters. The molecule has 6 heteroatoms. The van der Waals surface area contributed by atoms with Gasteiger partial charge < -0.3 is 15.0 Å². The van der Waals surface area contributed by atoms with Gasteiger partial charge in [-0.25, -0.2) is 0 Å². The van der Waals surface area contributed by atoms with Gasteiger partial charge in [-0.1, -0.05) is 24.3 Å². The lowest BCUT2D eigenvalue weighted by Gasteiger charge is -2.34. The number of para-hydroxylation sites is 1. The molecule has 3 heterocycles. The number of aromatic nitrogens is 2. The normalized spacial score (nSPS) is 16.1. The van der Waals surface area contributed by atoms with E-state index in [-0.39, 0.29) is 11.9 Å². The average Bonchev–Trinajstić information content (AvgIpc) is 3.17. The van der Waals surface area contributed by atoms with Gasteiger partial charge in [0.2, 0.25) is 5.91 Å². The van der Waals surface area contributed by atoms with Crippen LogP contribution in [0.4, 0.5) is 0 Å². The number of aromatic amines is 1. The van der Waals surface area contributed by atoms with E-state index in [1.807, 2.05) is 42.7 Å². The molecule has 0 bridgehead atoms. The Kier molecular flexibility index (Phi) is 5.99. The number of fused-ring (bicyclic) bond motifs is 1. The molecule has 0 saturated carbocycles. The lowest BCUT2D eigenvalue weighted by Crippen LogP contribution is -2.44. The number of rotatable bonds is 7. The van der Waals surface area contributed by atoms with Crippen LogP contribution in [0.15, 0.2) is 54.9 Å². The van der Waals surface area contributed by atoms with E-state index in [1.54, 1.807) is 0 Å². The maximum Gasteiger partial charge on any atom is 0.220 e. The lowest BCUT2D eigenvalue weighted by atomic mass is 10.1. The molecule has 1 aliphatic heterocycles. The Balaban J connectivity index is 1.36. The number of aryl methyl sites for hydroxylation is 1. The summed E-state index contributed by atoms with van der Waals surface area (Å²) in [6, 6.07) is 14.2. The van der Waals surface area contributed by atoms with E-state index < -0.39 is 0 Å². The number of pyridine rings is 1. The van der Waals surface area contributed by atoms with Crippen LogP contribution < -0.4 is 5.32 Å². The maximum absolute atomic E-state index is 12.5. The van der Waals surface area contributed by atoms with Crippen LogP contribution in [-0.2, 0) is 16.0 Å². The van der Waals surface area contributed by atoms with E-state index in [4.69, 9.17) is 4.74 Å². The molecule has 28 heavy (non-hydrogen) atoms. The Labute approximate surface area is 164 Å². The highest BCUT2D eigenvalue weighted by Crippen LogP contribution is 2.20. The van der Waals surface area contributed by atoms with Gasteiger partial charge in [0, 0.05) is 49.4 Å². The number of hydrogen-bond acceptors (Lipinski definition) is 4. The fraction of sp³-hybridized carbons (Fsp3) is 0.364. The van der Waals surface area contributed by atoms with Gasteiger partial charge in [0.15, 0.2) is 0 Å². The van der Waals surface area contributed by atoms with Gasteiger partial charge in [-0.05, 0) is 30.2 Å². The number of carbonyl (C=O) groups is 1. The van der Waals surface area contributed by atoms with Crippen molar-refractivity contribution >= 4 is 16.8 Å². The van der Waals surface area contributed by atoms with E-state index in [0.29, 0.717) is 13.0 Å². The highest BCUT2D eigenvalue weighted by Gasteiger charge is 2.24. The number of hydrogen-bond donors (Lipinski definition) is 2. The molecule has 146 valence electrons. The van der Waals surface area contributed by atoms with Crippen molar-refractivity contribution in [2.24, 2.45) is 0 Å². The van der Waals surface area contributed by atoms with Crippen molar-refractivity contribution in [1.29, 1.82) is 0 Å². The summed E-state index contributed by atoms with van der Waals surface area (Å²) in [5.74, 6) is 0.0690.